The maximum Gasteiger partial charge on any atom is 0.333 e. The Morgan fingerprint density at radius 2 is 2.09 bits per heavy atom. The number of rotatable bonds is 2. The minimum Gasteiger partial charge on any atom is -0.462 e. The van der Waals surface area contributed by atoms with Crippen molar-refractivity contribution in [2.24, 2.45) is 22.7 Å². The van der Waals surface area contributed by atoms with Crippen LogP contribution in [0.15, 0.2) is 23.8 Å². The molecule has 0 aromatic carbocycles. The summed E-state index contributed by atoms with van der Waals surface area (Å²) in [5.41, 5.74) is 2.18. The Bertz CT molecular complexity index is 545. The minimum absolute atomic E-state index is 0.164. The summed E-state index contributed by atoms with van der Waals surface area (Å²) in [4.78, 5) is 11.7. The van der Waals surface area contributed by atoms with Gasteiger partial charge in [0, 0.05) is 12.0 Å². The van der Waals surface area contributed by atoms with Gasteiger partial charge in [0.2, 0.25) is 0 Å². The molecule has 4 atom stereocenters. The van der Waals surface area contributed by atoms with Crippen molar-refractivity contribution in [2.75, 3.05) is 6.61 Å². The molecular formula is C20H30O3. The van der Waals surface area contributed by atoms with E-state index in [4.69, 9.17) is 4.74 Å². The number of hydrogen-bond acceptors (Lipinski definition) is 3. The summed E-state index contributed by atoms with van der Waals surface area (Å²) < 4.78 is 5.04. The fraction of sp³-hybridized carbons (Fsp3) is 0.750. The minimum atomic E-state index is -0.413. The number of hydrogen-bond donors (Lipinski definition) is 1. The Labute approximate surface area is 139 Å². The normalized spacial score (nSPS) is 41.7. The van der Waals surface area contributed by atoms with Crippen molar-refractivity contribution >= 4 is 5.97 Å². The molecule has 1 aliphatic heterocycles. The van der Waals surface area contributed by atoms with Gasteiger partial charge in [-0.15, -0.1) is 0 Å². The SMILES string of the molecule is C=C1[C@H](O)C[C@H]2C(C)(C)CCC[C@]2(C)[C@H]1C/C=C1/CCOC1=O. The van der Waals surface area contributed by atoms with Gasteiger partial charge >= 0.3 is 5.97 Å². The first-order chi connectivity index (χ1) is 10.8. The number of fused-ring (bicyclic) bond motifs is 1. The van der Waals surface area contributed by atoms with Gasteiger partial charge in [-0.1, -0.05) is 39.8 Å². The van der Waals surface area contributed by atoms with E-state index in [2.05, 4.69) is 27.4 Å². The first-order valence-corrected chi connectivity index (χ1v) is 8.98. The third kappa shape index (κ3) is 2.77. The molecule has 0 unspecified atom stereocenters. The zero-order valence-electron chi connectivity index (χ0n) is 14.7. The summed E-state index contributed by atoms with van der Waals surface area (Å²) in [5.74, 6) is 0.581. The van der Waals surface area contributed by atoms with Gasteiger partial charge in [-0.3, -0.25) is 0 Å². The summed E-state index contributed by atoms with van der Waals surface area (Å²) in [6.45, 7) is 11.8. The van der Waals surface area contributed by atoms with Crippen LogP contribution >= 0.6 is 0 Å². The Hall–Kier alpha value is -1.09. The van der Waals surface area contributed by atoms with Crippen molar-refractivity contribution in [1.29, 1.82) is 0 Å². The second-order valence-electron chi connectivity index (χ2n) is 8.63. The van der Waals surface area contributed by atoms with Gasteiger partial charge < -0.3 is 9.84 Å². The molecule has 23 heavy (non-hydrogen) atoms. The third-order valence-corrected chi connectivity index (χ3v) is 6.87. The second kappa shape index (κ2) is 5.77. The molecule has 0 amide bonds. The van der Waals surface area contributed by atoms with Crippen molar-refractivity contribution in [1.82, 2.24) is 0 Å². The van der Waals surface area contributed by atoms with E-state index in [1.54, 1.807) is 0 Å². The van der Waals surface area contributed by atoms with Crippen LogP contribution < -0.4 is 0 Å². The van der Waals surface area contributed by atoms with E-state index >= 15 is 0 Å². The van der Waals surface area contributed by atoms with Crippen LogP contribution in [0.4, 0.5) is 0 Å². The highest BCUT2D eigenvalue weighted by Gasteiger charge is 2.54. The van der Waals surface area contributed by atoms with E-state index in [9.17, 15) is 9.90 Å². The lowest BCUT2D eigenvalue weighted by molar-refractivity contribution is -0.135. The fourth-order valence-corrected chi connectivity index (χ4v) is 5.52. The molecule has 1 saturated heterocycles. The summed E-state index contributed by atoms with van der Waals surface area (Å²) in [6, 6.07) is 0. The van der Waals surface area contributed by atoms with Crippen LogP contribution in [0.2, 0.25) is 0 Å². The van der Waals surface area contributed by atoms with E-state index in [0.29, 0.717) is 18.9 Å². The number of allylic oxidation sites excluding steroid dienone is 1. The average Bonchev–Trinajstić information content (AvgIpc) is 2.87. The lowest BCUT2D eigenvalue weighted by atomic mass is 9.46. The maximum atomic E-state index is 11.7. The largest absolute Gasteiger partial charge is 0.462 e. The Kier molecular flexibility index (Phi) is 4.20. The molecule has 3 aliphatic rings. The number of carbonyl (C=O) groups is 1. The lowest BCUT2D eigenvalue weighted by Crippen LogP contribution is -2.52. The van der Waals surface area contributed by atoms with Gasteiger partial charge in [-0.2, -0.15) is 0 Å². The van der Waals surface area contributed by atoms with Gasteiger partial charge in [0.25, 0.3) is 0 Å². The van der Waals surface area contributed by atoms with E-state index in [-0.39, 0.29) is 22.7 Å². The number of cyclic esters (lactones) is 1. The van der Waals surface area contributed by atoms with E-state index in [0.717, 1.165) is 24.0 Å². The van der Waals surface area contributed by atoms with Gasteiger partial charge in [0.15, 0.2) is 0 Å². The highest BCUT2D eigenvalue weighted by molar-refractivity contribution is 5.90. The molecule has 0 radical (unpaired) electrons. The Morgan fingerprint density at radius 3 is 2.74 bits per heavy atom. The molecule has 2 saturated carbocycles. The van der Waals surface area contributed by atoms with E-state index in [1.807, 2.05) is 6.08 Å². The average molecular weight is 318 g/mol. The molecule has 3 nitrogen and oxygen atoms in total. The zero-order valence-corrected chi connectivity index (χ0v) is 14.7. The van der Waals surface area contributed by atoms with Crippen molar-refractivity contribution < 1.29 is 14.6 Å². The van der Waals surface area contributed by atoms with Crippen molar-refractivity contribution in [3.63, 3.8) is 0 Å². The molecule has 2 aliphatic carbocycles. The summed E-state index contributed by atoms with van der Waals surface area (Å²) in [5, 5.41) is 10.6. The van der Waals surface area contributed by atoms with E-state index in [1.165, 1.54) is 19.3 Å². The topological polar surface area (TPSA) is 46.5 Å². The predicted molar refractivity (Wildman–Crippen MR) is 90.8 cm³/mol. The standard InChI is InChI=1S/C20H30O3/c1-13-15(7-6-14-8-11-23-18(14)22)20(4)10-5-9-19(2,3)17(20)12-16(13)21/h6,15-17,21H,1,5,7-12H2,2-4H3/b14-6-/t15-,16+,17-,20+/m0/s1. The number of esters is 1. The van der Waals surface area contributed by atoms with Crippen molar-refractivity contribution in [3.8, 4) is 0 Å². The number of aliphatic hydroxyl groups is 1. The third-order valence-electron chi connectivity index (χ3n) is 6.87. The summed E-state index contributed by atoms with van der Waals surface area (Å²) in [6.07, 6.45) is 7.63. The van der Waals surface area contributed by atoms with Crippen molar-refractivity contribution in [3.05, 3.63) is 23.8 Å². The fourth-order valence-electron chi connectivity index (χ4n) is 5.52. The smallest absolute Gasteiger partial charge is 0.333 e. The highest BCUT2D eigenvalue weighted by Crippen LogP contribution is 2.61. The lowest BCUT2D eigenvalue weighted by Gasteiger charge is -2.59. The molecular weight excluding hydrogens is 288 g/mol. The molecule has 128 valence electrons. The highest BCUT2D eigenvalue weighted by atomic mass is 16.5. The second-order valence-corrected chi connectivity index (χ2v) is 8.63. The molecule has 3 heteroatoms. The molecule has 1 N–H and O–H groups in total. The summed E-state index contributed by atoms with van der Waals surface area (Å²) >= 11 is 0. The first kappa shape index (κ1) is 16.8. The molecule has 3 rings (SSSR count). The molecule has 0 bridgehead atoms. The van der Waals surface area contributed by atoms with Crippen molar-refractivity contribution in [2.45, 2.75) is 65.4 Å². The van der Waals surface area contributed by atoms with Gasteiger partial charge in [0.1, 0.15) is 0 Å². The molecule has 0 spiro atoms. The monoisotopic (exact) mass is 318 g/mol. The zero-order chi connectivity index (χ0) is 16.8. The van der Waals surface area contributed by atoms with Crippen LogP contribution in [0, 0.1) is 22.7 Å². The van der Waals surface area contributed by atoms with Crippen LogP contribution in [0.5, 0.6) is 0 Å². The van der Waals surface area contributed by atoms with Crippen LogP contribution in [0.1, 0.15) is 59.3 Å². The molecule has 0 aromatic rings. The molecule has 0 aromatic heterocycles. The number of aliphatic hydroxyl groups excluding tert-OH is 1. The van der Waals surface area contributed by atoms with Gasteiger partial charge in [-0.05, 0) is 53.9 Å². The Balaban J connectivity index is 1.89. The molecule has 1 heterocycles. The Morgan fingerprint density at radius 1 is 1.35 bits per heavy atom. The van der Waals surface area contributed by atoms with E-state index < -0.39 is 6.10 Å². The number of ether oxygens (including phenoxy) is 1. The van der Waals surface area contributed by atoms with Crippen LogP contribution in [0.25, 0.3) is 0 Å². The van der Waals surface area contributed by atoms with Crippen LogP contribution in [-0.2, 0) is 9.53 Å². The summed E-state index contributed by atoms with van der Waals surface area (Å²) in [7, 11) is 0. The predicted octanol–water partition coefficient (Wildman–Crippen LogP) is 4.02. The number of carbonyl (C=O) groups excluding carboxylic acids is 1. The van der Waals surface area contributed by atoms with Crippen LogP contribution in [0.3, 0.4) is 0 Å². The van der Waals surface area contributed by atoms with Gasteiger partial charge in [-0.25, -0.2) is 4.79 Å². The van der Waals surface area contributed by atoms with Crippen LogP contribution in [-0.4, -0.2) is 23.8 Å². The maximum absolute atomic E-state index is 11.7. The van der Waals surface area contributed by atoms with Gasteiger partial charge in [0.05, 0.1) is 12.7 Å². The first-order valence-electron chi connectivity index (χ1n) is 8.98. The molecule has 3 fully saturated rings. The quantitative estimate of drug-likeness (QED) is 0.475.